The summed E-state index contributed by atoms with van der Waals surface area (Å²) in [6, 6.07) is 6.83. The van der Waals surface area contributed by atoms with E-state index in [2.05, 4.69) is 24.8 Å². The number of ether oxygens (including phenoxy) is 2. The predicted molar refractivity (Wildman–Crippen MR) is 85.9 cm³/mol. The molecule has 0 aromatic heterocycles. The van der Waals surface area contributed by atoms with Gasteiger partial charge in [0.2, 0.25) is 0 Å². The highest BCUT2D eigenvalue weighted by Gasteiger charge is 2.33. The fourth-order valence-electron chi connectivity index (χ4n) is 3.45. The molecule has 0 bridgehead atoms. The van der Waals surface area contributed by atoms with E-state index in [0.29, 0.717) is 18.5 Å². The Labute approximate surface area is 128 Å². The molecule has 0 aliphatic carbocycles. The van der Waals surface area contributed by atoms with Crippen LogP contribution >= 0.6 is 0 Å². The topological polar surface area (TPSA) is 47.7 Å². The van der Waals surface area contributed by atoms with Crippen molar-refractivity contribution in [2.75, 3.05) is 27.3 Å². The summed E-state index contributed by atoms with van der Waals surface area (Å²) < 4.78 is 10.8. The van der Waals surface area contributed by atoms with Gasteiger partial charge in [-0.3, -0.25) is 4.90 Å². The summed E-state index contributed by atoms with van der Waals surface area (Å²) in [5.74, 6) is 2.32. The number of benzene rings is 1. The van der Waals surface area contributed by atoms with Crippen LogP contribution in [0.1, 0.15) is 38.3 Å². The van der Waals surface area contributed by atoms with Crippen LogP contribution in [0.25, 0.3) is 0 Å². The van der Waals surface area contributed by atoms with E-state index < -0.39 is 0 Å². The number of hydrogen-bond donors (Lipinski definition) is 1. The number of likely N-dealkylation sites (tertiary alicyclic amines) is 1. The minimum atomic E-state index is 0.209. The van der Waals surface area contributed by atoms with Crippen molar-refractivity contribution in [1.29, 1.82) is 0 Å². The Hall–Kier alpha value is -1.26. The normalized spacial score (nSPS) is 20.8. The SMILES string of the molecule is COc1ccc(C(CN)N2CCCC2C(C)C)c(OC)c1. The molecule has 0 saturated carbocycles. The van der Waals surface area contributed by atoms with Crippen molar-refractivity contribution in [3.05, 3.63) is 23.8 Å². The lowest BCUT2D eigenvalue weighted by molar-refractivity contribution is 0.147. The van der Waals surface area contributed by atoms with Gasteiger partial charge in [-0.2, -0.15) is 0 Å². The molecule has 0 spiro atoms. The second kappa shape index (κ2) is 7.14. The maximum atomic E-state index is 6.11. The smallest absolute Gasteiger partial charge is 0.127 e. The first-order valence-corrected chi connectivity index (χ1v) is 7.80. The van der Waals surface area contributed by atoms with Gasteiger partial charge in [0.05, 0.1) is 20.3 Å². The van der Waals surface area contributed by atoms with Gasteiger partial charge in [0, 0.05) is 24.2 Å². The summed E-state index contributed by atoms with van der Waals surface area (Å²) in [4.78, 5) is 2.55. The van der Waals surface area contributed by atoms with E-state index >= 15 is 0 Å². The summed E-state index contributed by atoms with van der Waals surface area (Å²) in [6.45, 7) is 6.30. The molecule has 1 aliphatic heterocycles. The van der Waals surface area contributed by atoms with Crippen molar-refractivity contribution in [2.45, 2.75) is 38.8 Å². The van der Waals surface area contributed by atoms with Gasteiger partial charge in [-0.15, -0.1) is 0 Å². The lowest BCUT2D eigenvalue weighted by atomic mass is 9.97. The van der Waals surface area contributed by atoms with Gasteiger partial charge >= 0.3 is 0 Å². The largest absolute Gasteiger partial charge is 0.497 e. The molecule has 118 valence electrons. The van der Waals surface area contributed by atoms with Crippen molar-refractivity contribution < 1.29 is 9.47 Å². The zero-order valence-electron chi connectivity index (χ0n) is 13.6. The highest BCUT2D eigenvalue weighted by Crippen LogP contribution is 2.37. The summed E-state index contributed by atoms with van der Waals surface area (Å²) in [5, 5.41) is 0. The second-order valence-electron chi connectivity index (χ2n) is 6.05. The van der Waals surface area contributed by atoms with Crippen LogP contribution in [0.2, 0.25) is 0 Å². The molecule has 2 atom stereocenters. The third-order valence-electron chi connectivity index (χ3n) is 4.53. The van der Waals surface area contributed by atoms with Crippen molar-refractivity contribution in [2.24, 2.45) is 11.7 Å². The zero-order chi connectivity index (χ0) is 15.4. The van der Waals surface area contributed by atoms with Crippen molar-refractivity contribution >= 4 is 0 Å². The summed E-state index contributed by atoms with van der Waals surface area (Å²) in [6.07, 6.45) is 2.50. The number of nitrogens with two attached hydrogens (primary N) is 1. The Morgan fingerprint density at radius 1 is 1.29 bits per heavy atom. The molecule has 1 aliphatic rings. The number of hydrogen-bond acceptors (Lipinski definition) is 4. The van der Waals surface area contributed by atoms with E-state index in [4.69, 9.17) is 15.2 Å². The molecule has 1 heterocycles. The monoisotopic (exact) mass is 292 g/mol. The Kier molecular flexibility index (Phi) is 5.48. The molecular weight excluding hydrogens is 264 g/mol. The number of rotatable bonds is 6. The fourth-order valence-corrected chi connectivity index (χ4v) is 3.45. The maximum Gasteiger partial charge on any atom is 0.127 e. The Morgan fingerprint density at radius 2 is 2.05 bits per heavy atom. The molecule has 2 rings (SSSR count). The highest BCUT2D eigenvalue weighted by atomic mass is 16.5. The molecule has 4 heteroatoms. The van der Waals surface area contributed by atoms with Gasteiger partial charge in [-0.05, 0) is 31.4 Å². The first-order valence-electron chi connectivity index (χ1n) is 7.80. The van der Waals surface area contributed by atoms with Crippen LogP contribution < -0.4 is 15.2 Å². The van der Waals surface area contributed by atoms with Gasteiger partial charge in [0.25, 0.3) is 0 Å². The average Bonchev–Trinajstić information content (AvgIpc) is 2.98. The molecule has 1 aromatic rings. The number of nitrogens with zero attached hydrogens (tertiary/aromatic N) is 1. The number of methoxy groups -OCH3 is 2. The van der Waals surface area contributed by atoms with Crippen LogP contribution in [-0.2, 0) is 0 Å². The van der Waals surface area contributed by atoms with Crippen molar-refractivity contribution in [1.82, 2.24) is 4.90 Å². The van der Waals surface area contributed by atoms with Crippen LogP contribution in [-0.4, -0.2) is 38.3 Å². The Balaban J connectivity index is 2.32. The first-order chi connectivity index (χ1) is 10.1. The van der Waals surface area contributed by atoms with Gasteiger partial charge in [0.15, 0.2) is 0 Å². The van der Waals surface area contributed by atoms with E-state index in [-0.39, 0.29) is 6.04 Å². The molecule has 4 nitrogen and oxygen atoms in total. The quantitative estimate of drug-likeness (QED) is 0.876. The highest BCUT2D eigenvalue weighted by molar-refractivity contribution is 5.42. The van der Waals surface area contributed by atoms with E-state index in [9.17, 15) is 0 Å². The van der Waals surface area contributed by atoms with Crippen LogP contribution in [0.3, 0.4) is 0 Å². The van der Waals surface area contributed by atoms with Crippen molar-refractivity contribution in [3.8, 4) is 11.5 Å². The van der Waals surface area contributed by atoms with Gasteiger partial charge < -0.3 is 15.2 Å². The third kappa shape index (κ3) is 3.33. The van der Waals surface area contributed by atoms with Crippen LogP contribution in [0.15, 0.2) is 18.2 Å². The average molecular weight is 292 g/mol. The molecule has 2 unspecified atom stereocenters. The molecule has 1 fully saturated rings. The first kappa shape index (κ1) is 16.1. The third-order valence-corrected chi connectivity index (χ3v) is 4.53. The standard InChI is InChI=1S/C17H28N2O2/c1-12(2)15-6-5-9-19(15)16(11-18)14-8-7-13(20-3)10-17(14)21-4/h7-8,10,12,15-16H,5-6,9,11,18H2,1-4H3. The van der Waals surface area contributed by atoms with E-state index in [1.54, 1.807) is 14.2 Å². The summed E-state index contributed by atoms with van der Waals surface area (Å²) in [7, 11) is 3.37. The van der Waals surface area contributed by atoms with Crippen LogP contribution in [0.4, 0.5) is 0 Å². The molecule has 21 heavy (non-hydrogen) atoms. The second-order valence-corrected chi connectivity index (χ2v) is 6.05. The van der Waals surface area contributed by atoms with Crippen LogP contribution in [0, 0.1) is 5.92 Å². The summed E-state index contributed by atoms with van der Waals surface area (Å²) in [5.41, 5.74) is 7.27. The molecule has 1 aromatic carbocycles. The molecule has 1 saturated heterocycles. The predicted octanol–water partition coefficient (Wildman–Crippen LogP) is 2.82. The van der Waals surface area contributed by atoms with Gasteiger partial charge in [-0.1, -0.05) is 19.9 Å². The van der Waals surface area contributed by atoms with Gasteiger partial charge in [-0.25, -0.2) is 0 Å². The maximum absolute atomic E-state index is 6.11. The zero-order valence-corrected chi connectivity index (χ0v) is 13.6. The Morgan fingerprint density at radius 3 is 2.62 bits per heavy atom. The molecule has 0 radical (unpaired) electrons. The van der Waals surface area contributed by atoms with Crippen LogP contribution in [0.5, 0.6) is 11.5 Å². The van der Waals surface area contributed by atoms with Crippen molar-refractivity contribution in [3.63, 3.8) is 0 Å². The minimum Gasteiger partial charge on any atom is -0.497 e. The molecule has 0 amide bonds. The molecular formula is C17H28N2O2. The lowest BCUT2D eigenvalue weighted by Crippen LogP contribution is -2.40. The fraction of sp³-hybridized carbons (Fsp3) is 0.647. The van der Waals surface area contributed by atoms with E-state index in [0.717, 1.165) is 23.6 Å². The van der Waals surface area contributed by atoms with E-state index in [1.807, 2.05) is 12.1 Å². The Bertz CT molecular complexity index is 462. The van der Waals surface area contributed by atoms with E-state index in [1.165, 1.54) is 12.8 Å². The minimum absolute atomic E-state index is 0.209. The summed E-state index contributed by atoms with van der Waals surface area (Å²) >= 11 is 0. The molecule has 2 N–H and O–H groups in total. The van der Waals surface area contributed by atoms with Gasteiger partial charge in [0.1, 0.15) is 11.5 Å². The lowest BCUT2D eigenvalue weighted by Gasteiger charge is -2.35.